The van der Waals surface area contributed by atoms with E-state index in [-0.39, 0.29) is 6.54 Å². The standard InChI is InChI=1S/C31H30FN9O2S/c1-44(42,43)36-15-19-9-21(12-24(32)11-19)27-29-26(5-6-34-27)37-31(38-29)28-25-13-23(17-35-30(25)40-39-28)22-10-20(14-33-16-22)18-41-7-3-2-4-8-41/h5-6,9-14,16-17,36H,2-4,7-8,15,18H2,1H3,(H,37,38)(H,35,39,40). The summed E-state index contributed by atoms with van der Waals surface area (Å²) in [5.74, 6) is 0.0260. The summed E-state index contributed by atoms with van der Waals surface area (Å²) in [6, 6.07) is 10.3. The van der Waals surface area contributed by atoms with Gasteiger partial charge < -0.3 is 4.98 Å². The maximum absolute atomic E-state index is 14.6. The average Bonchev–Trinajstić information content (AvgIpc) is 3.64. The van der Waals surface area contributed by atoms with Crippen molar-refractivity contribution < 1.29 is 12.8 Å². The predicted octanol–water partition coefficient (Wildman–Crippen LogP) is 4.80. The van der Waals surface area contributed by atoms with Gasteiger partial charge in [-0.15, -0.1) is 0 Å². The molecule has 3 N–H and O–H groups in total. The third-order valence-electron chi connectivity index (χ3n) is 7.80. The van der Waals surface area contributed by atoms with Crippen molar-refractivity contribution in [2.45, 2.75) is 32.4 Å². The number of benzene rings is 1. The molecule has 0 atom stereocenters. The molecule has 13 heteroatoms. The van der Waals surface area contributed by atoms with Crippen LogP contribution in [0.3, 0.4) is 0 Å². The van der Waals surface area contributed by atoms with Crippen LogP contribution in [0.25, 0.3) is 56.0 Å². The number of nitrogens with zero attached hydrogens (tertiary/aromatic N) is 6. The zero-order valence-electron chi connectivity index (χ0n) is 24.0. The zero-order valence-corrected chi connectivity index (χ0v) is 24.8. The Morgan fingerprint density at radius 2 is 1.77 bits per heavy atom. The fourth-order valence-corrected chi connectivity index (χ4v) is 6.14. The number of imidazole rings is 1. The highest BCUT2D eigenvalue weighted by atomic mass is 32.2. The number of aromatic amines is 2. The lowest BCUT2D eigenvalue weighted by molar-refractivity contribution is 0.220. The van der Waals surface area contributed by atoms with Crippen molar-refractivity contribution in [1.29, 1.82) is 0 Å². The largest absolute Gasteiger partial charge is 0.337 e. The third kappa shape index (κ3) is 5.94. The first-order valence-electron chi connectivity index (χ1n) is 14.4. The molecule has 0 unspecified atom stereocenters. The molecule has 6 aromatic rings. The van der Waals surface area contributed by atoms with Gasteiger partial charge in [-0.2, -0.15) is 5.10 Å². The van der Waals surface area contributed by atoms with Crippen molar-refractivity contribution in [3.05, 3.63) is 78.1 Å². The number of pyridine rings is 3. The van der Waals surface area contributed by atoms with Gasteiger partial charge in [0.15, 0.2) is 11.5 Å². The highest BCUT2D eigenvalue weighted by Gasteiger charge is 2.18. The fourth-order valence-electron chi connectivity index (χ4n) is 5.71. The number of likely N-dealkylation sites (tertiary alicyclic amines) is 1. The molecule has 0 radical (unpaired) electrons. The maximum atomic E-state index is 14.6. The summed E-state index contributed by atoms with van der Waals surface area (Å²) in [6.07, 6.45) is 12.0. The van der Waals surface area contributed by atoms with Crippen LogP contribution in [0.15, 0.2) is 61.2 Å². The van der Waals surface area contributed by atoms with Gasteiger partial charge in [0.25, 0.3) is 0 Å². The van der Waals surface area contributed by atoms with E-state index in [1.54, 1.807) is 24.5 Å². The first-order chi connectivity index (χ1) is 21.3. The minimum absolute atomic E-state index is 0.0441. The van der Waals surface area contributed by atoms with E-state index in [0.717, 1.165) is 42.4 Å². The zero-order chi connectivity index (χ0) is 30.3. The van der Waals surface area contributed by atoms with Crippen molar-refractivity contribution in [2.75, 3.05) is 19.3 Å². The Balaban J connectivity index is 1.23. The van der Waals surface area contributed by atoms with Crippen molar-refractivity contribution in [3.8, 4) is 33.9 Å². The van der Waals surface area contributed by atoms with Crippen LogP contribution in [0.5, 0.6) is 0 Å². The van der Waals surface area contributed by atoms with E-state index in [2.05, 4.69) is 45.8 Å². The van der Waals surface area contributed by atoms with E-state index < -0.39 is 15.8 Å². The Kier molecular flexibility index (Phi) is 7.36. The Morgan fingerprint density at radius 1 is 0.955 bits per heavy atom. The van der Waals surface area contributed by atoms with Crippen LogP contribution >= 0.6 is 0 Å². The van der Waals surface area contributed by atoms with E-state index in [9.17, 15) is 12.8 Å². The Hall–Kier alpha value is -4.59. The van der Waals surface area contributed by atoms with E-state index in [1.165, 1.54) is 37.0 Å². The van der Waals surface area contributed by atoms with E-state index in [1.807, 2.05) is 18.5 Å². The second kappa shape index (κ2) is 11.5. The molecule has 1 saturated heterocycles. The predicted molar refractivity (Wildman–Crippen MR) is 166 cm³/mol. The summed E-state index contributed by atoms with van der Waals surface area (Å²) in [5, 5.41) is 8.26. The molecule has 0 amide bonds. The Morgan fingerprint density at radius 3 is 2.61 bits per heavy atom. The van der Waals surface area contributed by atoms with Gasteiger partial charge in [-0.25, -0.2) is 27.5 Å². The molecular weight excluding hydrogens is 581 g/mol. The number of H-pyrrole nitrogens is 2. The van der Waals surface area contributed by atoms with E-state index in [4.69, 9.17) is 4.98 Å². The highest BCUT2D eigenvalue weighted by Crippen LogP contribution is 2.32. The lowest BCUT2D eigenvalue weighted by Gasteiger charge is -2.26. The molecule has 1 fully saturated rings. The lowest BCUT2D eigenvalue weighted by atomic mass is 10.1. The average molecular weight is 612 g/mol. The normalized spacial score (nSPS) is 14.5. The number of fused-ring (bicyclic) bond motifs is 2. The van der Waals surface area contributed by atoms with Gasteiger partial charge in [0.2, 0.25) is 10.0 Å². The number of rotatable bonds is 8. The molecule has 224 valence electrons. The van der Waals surface area contributed by atoms with Crippen molar-refractivity contribution in [3.63, 3.8) is 0 Å². The summed E-state index contributed by atoms with van der Waals surface area (Å²) in [4.78, 5) is 24.3. The first-order valence-corrected chi connectivity index (χ1v) is 16.3. The molecule has 11 nitrogen and oxygen atoms in total. The van der Waals surface area contributed by atoms with Gasteiger partial charge in [0.1, 0.15) is 17.0 Å². The van der Waals surface area contributed by atoms with Crippen LogP contribution in [-0.4, -0.2) is 67.8 Å². The SMILES string of the molecule is CS(=O)(=O)NCc1cc(F)cc(-c2nccc3[nH]c(-c4[nH]nc5ncc(-c6cncc(CN7CCCCC7)c6)cc45)nc23)c1. The molecule has 5 aromatic heterocycles. The van der Waals surface area contributed by atoms with Crippen LogP contribution in [0.4, 0.5) is 4.39 Å². The highest BCUT2D eigenvalue weighted by molar-refractivity contribution is 7.88. The maximum Gasteiger partial charge on any atom is 0.209 e. The second-order valence-electron chi connectivity index (χ2n) is 11.2. The minimum atomic E-state index is -3.44. The molecule has 0 saturated carbocycles. The van der Waals surface area contributed by atoms with Gasteiger partial charge in [-0.3, -0.25) is 20.0 Å². The van der Waals surface area contributed by atoms with Gasteiger partial charge in [0, 0.05) is 54.6 Å². The van der Waals surface area contributed by atoms with Crippen molar-refractivity contribution in [2.24, 2.45) is 0 Å². The molecule has 6 heterocycles. The van der Waals surface area contributed by atoms with Crippen LogP contribution in [0, 0.1) is 5.82 Å². The van der Waals surface area contributed by atoms with Crippen molar-refractivity contribution in [1.82, 2.24) is 44.7 Å². The number of hydrogen-bond donors (Lipinski definition) is 3. The van der Waals surface area contributed by atoms with E-state index >= 15 is 0 Å². The summed E-state index contributed by atoms with van der Waals surface area (Å²) in [7, 11) is -3.44. The smallest absolute Gasteiger partial charge is 0.209 e. The Bertz CT molecular complexity index is 2100. The van der Waals surface area contributed by atoms with Crippen molar-refractivity contribution >= 4 is 32.1 Å². The van der Waals surface area contributed by atoms with Gasteiger partial charge in [-0.1, -0.05) is 6.42 Å². The lowest BCUT2D eigenvalue weighted by Crippen LogP contribution is -2.29. The third-order valence-corrected chi connectivity index (χ3v) is 8.47. The first kappa shape index (κ1) is 28.2. The molecule has 0 spiro atoms. The number of sulfonamides is 1. The summed E-state index contributed by atoms with van der Waals surface area (Å²) in [5.41, 5.74) is 6.92. The minimum Gasteiger partial charge on any atom is -0.337 e. The quantitative estimate of drug-likeness (QED) is 0.223. The Labute approximate surface area is 253 Å². The topological polar surface area (TPSA) is 145 Å². The number of piperidine rings is 1. The van der Waals surface area contributed by atoms with Gasteiger partial charge in [-0.05, 0) is 73.5 Å². The summed E-state index contributed by atoms with van der Waals surface area (Å²) < 4.78 is 40.1. The fraction of sp³-hybridized carbons (Fsp3) is 0.258. The molecular formula is C31H30FN9O2S. The molecule has 7 rings (SSSR count). The van der Waals surface area contributed by atoms with E-state index in [0.29, 0.717) is 45.0 Å². The molecule has 44 heavy (non-hydrogen) atoms. The molecule has 1 aromatic carbocycles. The van der Waals surface area contributed by atoms with Crippen LogP contribution in [-0.2, 0) is 23.1 Å². The number of nitrogens with one attached hydrogen (secondary N) is 3. The number of hydrogen-bond acceptors (Lipinski definition) is 8. The molecule has 1 aliphatic heterocycles. The summed E-state index contributed by atoms with van der Waals surface area (Å²) in [6.45, 7) is 3.07. The van der Waals surface area contributed by atoms with Crippen LogP contribution < -0.4 is 4.72 Å². The summed E-state index contributed by atoms with van der Waals surface area (Å²) >= 11 is 0. The van der Waals surface area contributed by atoms with Gasteiger partial charge in [0.05, 0.1) is 22.9 Å². The van der Waals surface area contributed by atoms with Crippen LogP contribution in [0.2, 0.25) is 0 Å². The monoisotopic (exact) mass is 611 g/mol. The molecule has 1 aliphatic rings. The molecule has 0 aliphatic carbocycles. The number of aromatic nitrogens is 7. The number of halogens is 1. The molecule has 0 bridgehead atoms. The van der Waals surface area contributed by atoms with Gasteiger partial charge >= 0.3 is 0 Å². The second-order valence-corrected chi connectivity index (χ2v) is 13.0. The van der Waals surface area contributed by atoms with Crippen LogP contribution in [0.1, 0.15) is 30.4 Å².